The van der Waals surface area contributed by atoms with Crippen molar-refractivity contribution in [3.05, 3.63) is 41.1 Å². The van der Waals surface area contributed by atoms with Gasteiger partial charge in [0.15, 0.2) is 5.96 Å². The molecule has 0 aliphatic heterocycles. The monoisotopic (exact) mass is 357 g/mol. The van der Waals surface area contributed by atoms with Crippen LogP contribution in [0.1, 0.15) is 15.4 Å². The number of nitrogens with two attached hydrogens (primary N) is 3. The minimum Gasteiger partial charge on any atom is -0.461 e. The van der Waals surface area contributed by atoms with Gasteiger partial charge in [-0.1, -0.05) is 11.3 Å². The number of carbonyl (C=O) groups is 1. The topological polar surface area (TPSA) is 158 Å². The summed E-state index contributed by atoms with van der Waals surface area (Å²) >= 11 is 1.03. The third kappa shape index (κ3) is 3.93. The molecule has 1 aromatic carbocycles. The van der Waals surface area contributed by atoms with E-state index < -0.39 is 5.91 Å². The van der Waals surface area contributed by atoms with Crippen LogP contribution < -0.4 is 22.5 Å². The third-order valence-corrected chi connectivity index (χ3v) is 3.94. The Morgan fingerprint density at radius 3 is 2.84 bits per heavy atom. The van der Waals surface area contributed by atoms with Crippen molar-refractivity contribution in [3.8, 4) is 0 Å². The molecule has 0 aliphatic rings. The van der Waals surface area contributed by atoms with E-state index in [0.717, 1.165) is 33.8 Å². The number of aromatic nitrogens is 1. The van der Waals surface area contributed by atoms with Gasteiger partial charge in [0.2, 0.25) is 11.1 Å². The van der Waals surface area contributed by atoms with Crippen LogP contribution in [0.15, 0.2) is 44.9 Å². The number of amides is 1. The Labute approximate surface area is 146 Å². The quantitative estimate of drug-likeness (QED) is 0.410. The molecule has 0 spiro atoms. The molecule has 3 aromatic rings. The number of furan rings is 1. The zero-order valence-electron chi connectivity index (χ0n) is 13.2. The van der Waals surface area contributed by atoms with E-state index in [2.05, 4.69) is 20.3 Å². The van der Waals surface area contributed by atoms with Gasteiger partial charge in [0, 0.05) is 11.1 Å². The Morgan fingerprint density at radius 1 is 1.28 bits per heavy atom. The number of thiazole rings is 1. The zero-order chi connectivity index (χ0) is 18.0. The second-order valence-corrected chi connectivity index (χ2v) is 6.09. The maximum atomic E-state index is 11.7. The predicted molar refractivity (Wildman–Crippen MR) is 98.1 cm³/mol. The van der Waals surface area contributed by atoms with Crippen LogP contribution in [-0.2, 0) is 0 Å². The maximum Gasteiger partial charge on any atom is 0.291 e. The van der Waals surface area contributed by atoms with Gasteiger partial charge in [-0.25, -0.2) is 4.98 Å². The number of guanidine groups is 2. The van der Waals surface area contributed by atoms with Crippen LogP contribution in [0.5, 0.6) is 0 Å². The number of aliphatic imine (C=N–C) groups is 2. The molecule has 2 heterocycles. The van der Waals surface area contributed by atoms with Crippen LogP contribution in [0.4, 0.5) is 10.8 Å². The number of fused-ring (bicyclic) bond motifs is 1. The Balaban J connectivity index is 1.75. The number of benzene rings is 1. The third-order valence-electron chi connectivity index (χ3n) is 3.06. The van der Waals surface area contributed by atoms with Gasteiger partial charge in [-0.05, 0) is 31.2 Å². The molecule has 7 N–H and O–H groups in total. The summed E-state index contributed by atoms with van der Waals surface area (Å²) in [7, 11) is 0. The summed E-state index contributed by atoms with van der Waals surface area (Å²) in [5.74, 6) is 0.0741. The fraction of sp³-hybridized carbons (Fsp3) is 0.0667. The van der Waals surface area contributed by atoms with Gasteiger partial charge in [-0.2, -0.15) is 9.98 Å². The molecular formula is C15H15N7O2S. The first-order valence-corrected chi connectivity index (χ1v) is 7.93. The van der Waals surface area contributed by atoms with Crippen LogP contribution in [0.2, 0.25) is 0 Å². The molecular weight excluding hydrogens is 342 g/mol. The van der Waals surface area contributed by atoms with Crippen molar-refractivity contribution in [2.24, 2.45) is 27.2 Å². The summed E-state index contributed by atoms with van der Waals surface area (Å²) in [6, 6.07) is 7.48. The molecule has 3 rings (SSSR count). The minimum absolute atomic E-state index is 0.134. The number of carbonyl (C=O) groups excluding carboxylic acids is 1. The highest BCUT2D eigenvalue weighted by molar-refractivity contribution is 7.17. The van der Waals surface area contributed by atoms with Gasteiger partial charge in [-0.3, -0.25) is 4.79 Å². The summed E-state index contributed by atoms with van der Waals surface area (Å²) in [6.45, 7) is 1.88. The van der Waals surface area contributed by atoms with Crippen molar-refractivity contribution in [2.45, 2.75) is 6.92 Å². The number of hydrogen-bond donors (Lipinski definition) is 4. The molecule has 128 valence electrons. The van der Waals surface area contributed by atoms with E-state index in [1.54, 1.807) is 0 Å². The highest BCUT2D eigenvalue weighted by atomic mass is 32.1. The van der Waals surface area contributed by atoms with E-state index in [-0.39, 0.29) is 16.8 Å². The molecule has 0 saturated carbocycles. The Morgan fingerprint density at radius 2 is 2.08 bits per heavy atom. The van der Waals surface area contributed by atoms with Crippen molar-refractivity contribution in [2.75, 3.05) is 5.32 Å². The lowest BCUT2D eigenvalue weighted by Crippen LogP contribution is -2.24. The second kappa shape index (κ2) is 6.61. The molecule has 0 radical (unpaired) electrons. The molecule has 0 fully saturated rings. The van der Waals surface area contributed by atoms with Crippen molar-refractivity contribution >= 4 is 51.0 Å². The van der Waals surface area contributed by atoms with Gasteiger partial charge in [0.25, 0.3) is 5.91 Å². The normalized spacial score (nSPS) is 11.5. The molecule has 1 amide bonds. The molecule has 0 unspecified atom stereocenters. The number of rotatable bonds is 3. The molecule has 0 aliphatic carbocycles. The van der Waals surface area contributed by atoms with Crippen LogP contribution in [0, 0.1) is 6.92 Å². The SMILES string of the molecule is Cc1cc2cc(NC(N)=Nc3ncc(C(=O)N=C(N)N)s3)ccc2o1. The highest BCUT2D eigenvalue weighted by Gasteiger charge is 2.10. The number of aryl methyl sites for hydroxylation is 1. The number of anilines is 1. The summed E-state index contributed by atoms with van der Waals surface area (Å²) in [5.41, 5.74) is 17.8. The average Bonchev–Trinajstić information content (AvgIpc) is 3.11. The Hall–Kier alpha value is -3.40. The van der Waals surface area contributed by atoms with Crippen molar-refractivity contribution in [1.82, 2.24) is 4.98 Å². The van der Waals surface area contributed by atoms with Gasteiger partial charge < -0.3 is 26.9 Å². The first-order valence-electron chi connectivity index (χ1n) is 7.12. The van der Waals surface area contributed by atoms with Crippen molar-refractivity contribution in [3.63, 3.8) is 0 Å². The number of nitrogens with zero attached hydrogens (tertiary/aromatic N) is 3. The van der Waals surface area contributed by atoms with E-state index in [4.69, 9.17) is 21.6 Å². The van der Waals surface area contributed by atoms with Crippen LogP contribution in [0.25, 0.3) is 11.0 Å². The molecule has 2 aromatic heterocycles. The fourth-order valence-electron chi connectivity index (χ4n) is 2.12. The Kier molecular flexibility index (Phi) is 4.35. The summed E-state index contributed by atoms with van der Waals surface area (Å²) in [6.07, 6.45) is 1.34. The lowest BCUT2D eigenvalue weighted by molar-refractivity contribution is 0.101. The molecule has 25 heavy (non-hydrogen) atoms. The molecule has 10 heteroatoms. The standard InChI is InChI=1S/C15H15N7O2S/c1-7-4-8-5-9(2-3-10(8)24-7)20-14(18)22-15-19-6-11(25-15)12(23)21-13(16)17/h2-6H,1H3,(H4,16,17,21,23)(H3,18,19,20,22). The van der Waals surface area contributed by atoms with Crippen LogP contribution >= 0.6 is 11.3 Å². The highest BCUT2D eigenvalue weighted by Crippen LogP contribution is 2.24. The van der Waals surface area contributed by atoms with Crippen molar-refractivity contribution < 1.29 is 9.21 Å². The average molecular weight is 357 g/mol. The predicted octanol–water partition coefficient (Wildman–Crippen LogP) is 1.67. The first-order chi connectivity index (χ1) is 11.9. The molecule has 9 nitrogen and oxygen atoms in total. The van der Waals surface area contributed by atoms with Crippen LogP contribution in [0.3, 0.4) is 0 Å². The second-order valence-electron chi connectivity index (χ2n) is 5.08. The number of hydrogen-bond acceptors (Lipinski definition) is 5. The van der Waals surface area contributed by atoms with E-state index in [9.17, 15) is 4.79 Å². The fourth-order valence-corrected chi connectivity index (χ4v) is 2.80. The lowest BCUT2D eigenvalue weighted by atomic mass is 10.2. The van der Waals surface area contributed by atoms with E-state index >= 15 is 0 Å². The summed E-state index contributed by atoms with van der Waals surface area (Å²) < 4.78 is 5.52. The Bertz CT molecular complexity index is 998. The van der Waals surface area contributed by atoms with Gasteiger partial charge in [0.1, 0.15) is 16.2 Å². The smallest absolute Gasteiger partial charge is 0.291 e. The summed E-state index contributed by atoms with van der Waals surface area (Å²) in [4.78, 5) is 23.5. The van der Waals surface area contributed by atoms with Crippen LogP contribution in [-0.4, -0.2) is 22.8 Å². The number of nitrogens with one attached hydrogen (secondary N) is 1. The van der Waals surface area contributed by atoms with E-state index in [1.807, 2.05) is 31.2 Å². The molecule has 0 bridgehead atoms. The minimum atomic E-state index is -0.578. The van der Waals surface area contributed by atoms with E-state index in [0.29, 0.717) is 5.13 Å². The van der Waals surface area contributed by atoms with Crippen molar-refractivity contribution in [1.29, 1.82) is 0 Å². The van der Waals surface area contributed by atoms with E-state index in [1.165, 1.54) is 6.20 Å². The lowest BCUT2D eigenvalue weighted by Gasteiger charge is -2.04. The van der Waals surface area contributed by atoms with Gasteiger partial charge >= 0.3 is 0 Å². The molecule has 0 atom stereocenters. The summed E-state index contributed by atoms with van der Waals surface area (Å²) in [5, 5.41) is 4.22. The zero-order valence-corrected chi connectivity index (χ0v) is 14.0. The first kappa shape index (κ1) is 16.5. The largest absolute Gasteiger partial charge is 0.461 e. The maximum absolute atomic E-state index is 11.7. The van der Waals surface area contributed by atoms with Gasteiger partial charge in [-0.15, -0.1) is 0 Å². The van der Waals surface area contributed by atoms with Gasteiger partial charge in [0.05, 0.1) is 6.20 Å². The molecule has 0 saturated heterocycles.